The summed E-state index contributed by atoms with van der Waals surface area (Å²) in [6.07, 6.45) is 0. The van der Waals surface area contributed by atoms with Gasteiger partial charge in [0, 0.05) is 18.8 Å². The lowest BCUT2D eigenvalue weighted by atomic mass is 10.1. The molecule has 1 aromatic rings. The quantitative estimate of drug-likeness (QED) is 0.805. The molecule has 1 fully saturated rings. The van der Waals surface area contributed by atoms with Gasteiger partial charge in [0.05, 0.1) is 5.69 Å². The third-order valence-electron chi connectivity index (χ3n) is 3.10. The summed E-state index contributed by atoms with van der Waals surface area (Å²) in [6, 6.07) is 6.70. The lowest BCUT2D eigenvalue weighted by Gasteiger charge is -2.23. The average molecular weight is 293 g/mol. The molecule has 3 nitrogen and oxygen atoms in total. The Balaban J connectivity index is 2.34. The molecule has 1 N–H and O–H groups in total. The van der Waals surface area contributed by atoms with Crippen molar-refractivity contribution in [3.8, 4) is 0 Å². The molecule has 1 aliphatic rings. The van der Waals surface area contributed by atoms with Crippen molar-refractivity contribution in [3.05, 3.63) is 29.3 Å². The van der Waals surface area contributed by atoms with Crippen molar-refractivity contribution in [2.45, 2.75) is 26.8 Å². The molecule has 0 unspecified atom stereocenters. The highest BCUT2D eigenvalue weighted by Crippen LogP contribution is 2.28. The Morgan fingerprint density at radius 1 is 1.47 bits per heavy atom. The Morgan fingerprint density at radius 3 is 2.84 bits per heavy atom. The molecule has 0 bridgehead atoms. The van der Waals surface area contributed by atoms with Crippen LogP contribution in [-0.4, -0.2) is 34.0 Å². The van der Waals surface area contributed by atoms with Crippen molar-refractivity contribution in [1.29, 1.82) is 0 Å². The fourth-order valence-corrected chi connectivity index (χ4v) is 3.49. The summed E-state index contributed by atoms with van der Waals surface area (Å²) >= 11 is 7.12. The van der Waals surface area contributed by atoms with Gasteiger partial charge in [-0.25, -0.2) is 4.99 Å². The molecule has 1 saturated heterocycles. The van der Waals surface area contributed by atoms with Crippen LogP contribution in [0, 0.1) is 13.8 Å². The topological polar surface area (TPSA) is 27.6 Å². The highest BCUT2D eigenvalue weighted by atomic mass is 32.2. The second-order valence-corrected chi connectivity index (χ2v) is 6.14. The number of nitrogens with zero attached hydrogens (tertiary/aromatic N) is 2. The van der Waals surface area contributed by atoms with E-state index in [2.05, 4.69) is 49.2 Å². The molecule has 102 valence electrons. The maximum Gasteiger partial charge on any atom is 0.175 e. The number of aryl methyl sites for hydroxylation is 2. The molecule has 1 atom stereocenters. The smallest absolute Gasteiger partial charge is 0.175 e. The van der Waals surface area contributed by atoms with Crippen LogP contribution in [0.25, 0.3) is 0 Å². The minimum atomic E-state index is 0.384. The van der Waals surface area contributed by atoms with Crippen LogP contribution >= 0.6 is 24.0 Å². The summed E-state index contributed by atoms with van der Waals surface area (Å²) in [5, 5.41) is 4.76. The van der Waals surface area contributed by atoms with E-state index in [-0.39, 0.29) is 0 Å². The number of hydrogen-bond donors (Lipinski definition) is 1. The van der Waals surface area contributed by atoms with E-state index < -0.39 is 0 Å². The zero-order valence-corrected chi connectivity index (χ0v) is 13.4. The molecule has 0 aliphatic carbocycles. The lowest BCUT2D eigenvalue weighted by Crippen LogP contribution is -2.42. The zero-order valence-electron chi connectivity index (χ0n) is 11.7. The summed E-state index contributed by atoms with van der Waals surface area (Å²) in [7, 11) is 1.85. The van der Waals surface area contributed by atoms with Gasteiger partial charge in [-0.15, -0.1) is 0 Å². The van der Waals surface area contributed by atoms with Crippen LogP contribution in [-0.2, 0) is 0 Å². The van der Waals surface area contributed by atoms with Crippen LogP contribution in [0.1, 0.15) is 18.1 Å². The minimum absolute atomic E-state index is 0.384. The van der Waals surface area contributed by atoms with E-state index in [1.54, 1.807) is 11.8 Å². The Kier molecular flexibility index (Phi) is 4.47. The van der Waals surface area contributed by atoms with Crippen LogP contribution in [0.5, 0.6) is 0 Å². The SMILES string of the molecule is CNC(=S)N1C(=Nc2ccc(C)cc2C)SC[C@@H]1C. The number of benzene rings is 1. The molecule has 2 rings (SSSR count). The number of nitrogens with one attached hydrogen (secondary N) is 1. The van der Waals surface area contributed by atoms with Crippen LogP contribution in [0.15, 0.2) is 23.2 Å². The minimum Gasteiger partial charge on any atom is -0.365 e. The first-order valence-electron chi connectivity index (χ1n) is 6.32. The highest BCUT2D eigenvalue weighted by molar-refractivity contribution is 8.14. The molecule has 5 heteroatoms. The van der Waals surface area contributed by atoms with E-state index in [4.69, 9.17) is 17.2 Å². The molecule has 19 heavy (non-hydrogen) atoms. The van der Waals surface area contributed by atoms with E-state index in [1.807, 2.05) is 7.05 Å². The predicted octanol–water partition coefficient (Wildman–Crippen LogP) is 3.23. The molecule has 0 saturated carbocycles. The monoisotopic (exact) mass is 293 g/mol. The van der Waals surface area contributed by atoms with E-state index in [0.29, 0.717) is 6.04 Å². The van der Waals surface area contributed by atoms with Crippen molar-refractivity contribution >= 4 is 39.9 Å². The summed E-state index contributed by atoms with van der Waals surface area (Å²) < 4.78 is 0. The van der Waals surface area contributed by atoms with E-state index in [9.17, 15) is 0 Å². The average Bonchev–Trinajstić information content (AvgIpc) is 2.73. The van der Waals surface area contributed by atoms with Gasteiger partial charge < -0.3 is 5.32 Å². The first-order valence-corrected chi connectivity index (χ1v) is 7.72. The van der Waals surface area contributed by atoms with Gasteiger partial charge in [0.25, 0.3) is 0 Å². The number of hydrogen-bond acceptors (Lipinski definition) is 3. The number of thiocarbonyl (C=S) groups is 1. The van der Waals surface area contributed by atoms with Crippen LogP contribution in [0.2, 0.25) is 0 Å². The number of thioether (sulfide) groups is 1. The lowest BCUT2D eigenvalue weighted by molar-refractivity contribution is 0.523. The summed E-state index contributed by atoms with van der Waals surface area (Å²) in [5.74, 6) is 1.02. The van der Waals surface area contributed by atoms with Crippen molar-refractivity contribution in [2.75, 3.05) is 12.8 Å². The third kappa shape index (κ3) is 3.09. The first-order chi connectivity index (χ1) is 9.02. The Labute approximate surface area is 124 Å². The number of rotatable bonds is 1. The molecule has 1 aromatic carbocycles. The number of aliphatic imine (C=N–C) groups is 1. The molecule has 0 amide bonds. The normalized spacial score (nSPS) is 20.9. The van der Waals surface area contributed by atoms with Crippen LogP contribution in [0.4, 0.5) is 5.69 Å². The Morgan fingerprint density at radius 2 is 2.21 bits per heavy atom. The van der Waals surface area contributed by atoms with Gasteiger partial charge in [-0.1, -0.05) is 29.5 Å². The second-order valence-electron chi connectivity index (χ2n) is 4.77. The fraction of sp³-hybridized carbons (Fsp3) is 0.429. The highest BCUT2D eigenvalue weighted by Gasteiger charge is 2.29. The van der Waals surface area contributed by atoms with Crippen molar-refractivity contribution in [1.82, 2.24) is 10.2 Å². The second kappa shape index (κ2) is 5.92. The van der Waals surface area contributed by atoms with Gasteiger partial charge in [0.15, 0.2) is 10.3 Å². The zero-order chi connectivity index (χ0) is 14.0. The third-order valence-corrected chi connectivity index (χ3v) is 4.70. The molecule has 0 radical (unpaired) electrons. The van der Waals surface area contributed by atoms with Gasteiger partial charge >= 0.3 is 0 Å². The number of amidine groups is 1. The molecular formula is C14H19N3S2. The largest absolute Gasteiger partial charge is 0.365 e. The molecule has 1 heterocycles. The summed E-state index contributed by atoms with van der Waals surface area (Å²) in [4.78, 5) is 6.87. The Hall–Kier alpha value is -1.07. The standard InChI is InChI=1S/C14H19N3S2/c1-9-5-6-12(10(2)7-9)16-14-17(13(18)15-4)11(3)8-19-14/h5-7,11H,8H2,1-4H3,(H,15,18)/t11-/m0/s1. The fourth-order valence-electron chi connectivity index (χ4n) is 2.06. The van der Waals surface area contributed by atoms with Gasteiger partial charge in [0.1, 0.15) is 0 Å². The maximum atomic E-state index is 5.36. The summed E-state index contributed by atoms with van der Waals surface area (Å²) in [6.45, 7) is 6.36. The van der Waals surface area contributed by atoms with E-state index in [1.165, 1.54) is 11.1 Å². The Bertz CT molecular complexity index is 525. The molecule has 1 aliphatic heterocycles. The van der Waals surface area contributed by atoms with Crippen molar-refractivity contribution in [2.24, 2.45) is 4.99 Å². The maximum absolute atomic E-state index is 5.36. The predicted molar refractivity (Wildman–Crippen MR) is 88.4 cm³/mol. The molecule has 0 aromatic heterocycles. The van der Waals surface area contributed by atoms with Crippen LogP contribution < -0.4 is 5.32 Å². The van der Waals surface area contributed by atoms with Crippen LogP contribution in [0.3, 0.4) is 0 Å². The first kappa shape index (κ1) is 14.3. The van der Waals surface area contributed by atoms with E-state index in [0.717, 1.165) is 21.7 Å². The van der Waals surface area contributed by atoms with Crippen molar-refractivity contribution < 1.29 is 0 Å². The van der Waals surface area contributed by atoms with Gasteiger partial charge in [-0.2, -0.15) is 0 Å². The van der Waals surface area contributed by atoms with Gasteiger partial charge in [0.2, 0.25) is 0 Å². The molecule has 0 spiro atoms. The van der Waals surface area contributed by atoms with Gasteiger partial charge in [-0.05, 0) is 44.6 Å². The van der Waals surface area contributed by atoms with E-state index >= 15 is 0 Å². The molecular weight excluding hydrogens is 274 g/mol. The summed E-state index contributed by atoms with van der Waals surface area (Å²) in [5.41, 5.74) is 3.48. The van der Waals surface area contributed by atoms with Crippen molar-refractivity contribution in [3.63, 3.8) is 0 Å². The van der Waals surface area contributed by atoms with Gasteiger partial charge in [-0.3, -0.25) is 4.90 Å².